The number of hydrogen-bond acceptors (Lipinski definition) is 3. The van der Waals surface area contributed by atoms with Gasteiger partial charge in [-0.2, -0.15) is 0 Å². The zero-order valence-corrected chi connectivity index (χ0v) is 29.8. The normalized spacial score (nSPS) is 13.5. The van der Waals surface area contributed by atoms with Crippen molar-refractivity contribution in [1.29, 1.82) is 0 Å². The van der Waals surface area contributed by atoms with Gasteiger partial charge in [-0.05, 0) is 111 Å². The summed E-state index contributed by atoms with van der Waals surface area (Å²) in [6.07, 6.45) is 0.936. The Hall–Kier alpha value is -6.78. The fraction of sp³-hybridized carbons (Fsp3) is 0.0400. The molecule has 9 aromatic rings. The zero-order valence-electron chi connectivity index (χ0n) is 29.8. The summed E-state index contributed by atoms with van der Waals surface area (Å²) in [5.41, 5.74) is 20.0. The van der Waals surface area contributed by atoms with E-state index in [0.717, 1.165) is 34.4 Å². The van der Waals surface area contributed by atoms with Crippen LogP contribution in [-0.4, -0.2) is 6.71 Å². The molecule has 0 N–H and O–H groups in total. The zero-order chi connectivity index (χ0) is 35.5. The lowest BCUT2D eigenvalue weighted by molar-refractivity contribution is 0.631. The van der Waals surface area contributed by atoms with Crippen molar-refractivity contribution in [3.05, 3.63) is 187 Å². The minimum Gasteiger partial charge on any atom is -0.456 e. The Morgan fingerprint density at radius 2 is 1.26 bits per heavy atom. The van der Waals surface area contributed by atoms with Crippen molar-refractivity contribution in [2.24, 2.45) is 0 Å². The van der Waals surface area contributed by atoms with Crippen molar-refractivity contribution in [2.45, 2.75) is 13.3 Å². The number of furan rings is 1. The first-order valence-corrected chi connectivity index (χ1v) is 18.8. The van der Waals surface area contributed by atoms with Gasteiger partial charge < -0.3 is 14.2 Å². The van der Waals surface area contributed by atoms with Gasteiger partial charge in [0, 0.05) is 51.5 Å². The maximum atomic E-state index is 6.26. The molecule has 0 spiro atoms. The summed E-state index contributed by atoms with van der Waals surface area (Å²) in [6, 6.07) is 62.7. The van der Waals surface area contributed by atoms with E-state index in [0.29, 0.717) is 0 Å². The van der Waals surface area contributed by atoms with Crippen molar-refractivity contribution >= 4 is 79.0 Å². The number of para-hydroxylation sites is 3. The summed E-state index contributed by atoms with van der Waals surface area (Å²) in [6.45, 7) is 2.33. The molecule has 54 heavy (non-hydrogen) atoms. The van der Waals surface area contributed by atoms with E-state index in [2.05, 4.69) is 174 Å². The first-order chi connectivity index (χ1) is 26.7. The number of rotatable bonds is 3. The van der Waals surface area contributed by atoms with Crippen LogP contribution in [0, 0.1) is 6.92 Å². The van der Waals surface area contributed by atoms with Crippen LogP contribution in [0.3, 0.4) is 0 Å². The molecular formula is C50H33BN2O. The summed E-state index contributed by atoms with van der Waals surface area (Å²) in [7, 11) is 0. The molecule has 0 bridgehead atoms. The molecule has 252 valence electrons. The topological polar surface area (TPSA) is 19.6 Å². The third-order valence-corrected chi connectivity index (χ3v) is 11.8. The van der Waals surface area contributed by atoms with Crippen molar-refractivity contribution < 1.29 is 4.42 Å². The van der Waals surface area contributed by atoms with Gasteiger partial charge in [0.2, 0.25) is 0 Å². The van der Waals surface area contributed by atoms with Crippen molar-refractivity contribution in [2.75, 3.05) is 9.80 Å². The second-order valence-electron chi connectivity index (χ2n) is 15.0. The largest absolute Gasteiger partial charge is 0.456 e. The lowest BCUT2D eigenvalue weighted by Gasteiger charge is -2.46. The molecule has 0 amide bonds. The number of hydrogen-bond donors (Lipinski definition) is 0. The molecule has 1 aromatic heterocycles. The molecule has 0 aliphatic carbocycles. The van der Waals surface area contributed by atoms with E-state index in [9.17, 15) is 0 Å². The maximum Gasteiger partial charge on any atom is 0.252 e. The lowest BCUT2D eigenvalue weighted by atomic mass is 9.33. The Morgan fingerprint density at radius 3 is 2.17 bits per heavy atom. The molecule has 0 saturated carbocycles. The molecule has 3 aliphatic heterocycles. The van der Waals surface area contributed by atoms with Gasteiger partial charge in [-0.1, -0.05) is 121 Å². The van der Waals surface area contributed by atoms with E-state index < -0.39 is 0 Å². The maximum absolute atomic E-state index is 6.26. The van der Waals surface area contributed by atoms with Gasteiger partial charge in [-0.25, -0.2) is 0 Å². The van der Waals surface area contributed by atoms with Gasteiger partial charge in [-0.3, -0.25) is 0 Å². The Bertz CT molecular complexity index is 2980. The number of nitrogens with zero attached hydrogens (tertiary/aromatic N) is 2. The Balaban J connectivity index is 1.11. The fourth-order valence-corrected chi connectivity index (χ4v) is 9.44. The SMILES string of the molecule is Cc1ccc2c(c1)B1c3cccc4c3N(c3ccccc3C4)c3cc(-c4ccccc4)cc(c31)N2c1ccc2cc(-c3cc4ccccc4o3)ccc2c1. The average molecular weight is 689 g/mol. The van der Waals surface area contributed by atoms with Crippen LogP contribution in [0.15, 0.2) is 174 Å². The van der Waals surface area contributed by atoms with Gasteiger partial charge in [0.25, 0.3) is 6.71 Å². The van der Waals surface area contributed by atoms with E-state index in [1.807, 2.05) is 12.1 Å². The minimum atomic E-state index is 0.106. The van der Waals surface area contributed by atoms with Gasteiger partial charge >= 0.3 is 0 Å². The molecule has 3 aliphatic rings. The molecule has 4 heterocycles. The van der Waals surface area contributed by atoms with Crippen LogP contribution in [0.4, 0.5) is 34.1 Å². The van der Waals surface area contributed by atoms with Crippen molar-refractivity contribution in [1.82, 2.24) is 0 Å². The van der Waals surface area contributed by atoms with Crippen LogP contribution < -0.4 is 26.2 Å². The van der Waals surface area contributed by atoms with E-state index in [1.54, 1.807) is 0 Å². The van der Waals surface area contributed by atoms with E-state index >= 15 is 0 Å². The van der Waals surface area contributed by atoms with Gasteiger partial charge in [0.15, 0.2) is 0 Å². The third-order valence-electron chi connectivity index (χ3n) is 11.8. The van der Waals surface area contributed by atoms with Crippen LogP contribution >= 0.6 is 0 Å². The molecule has 4 heteroatoms. The second kappa shape index (κ2) is 11.1. The molecule has 0 saturated heterocycles. The second-order valence-corrected chi connectivity index (χ2v) is 15.0. The monoisotopic (exact) mass is 688 g/mol. The Kier molecular flexibility index (Phi) is 6.13. The van der Waals surface area contributed by atoms with Gasteiger partial charge in [-0.15, -0.1) is 0 Å². The first-order valence-electron chi connectivity index (χ1n) is 18.8. The Labute approximate surface area is 314 Å². The van der Waals surface area contributed by atoms with E-state index in [-0.39, 0.29) is 6.71 Å². The molecular weight excluding hydrogens is 655 g/mol. The molecule has 0 unspecified atom stereocenters. The van der Waals surface area contributed by atoms with E-state index in [4.69, 9.17) is 4.42 Å². The molecule has 8 aromatic carbocycles. The standard InChI is InChI=1S/C50H33BN2O/c1-31-18-23-44-42(24-31)51-41-15-9-14-38-26-35-12-5-7-16-43(35)53(50(38)41)46-29-39(32-10-3-2-4-11-32)28-45(49(46)51)52(44)40-22-21-33-25-37(20-19-34(33)27-40)48-30-36-13-6-8-17-47(36)54-48/h2-25,27-30H,26H2,1H3. The van der Waals surface area contributed by atoms with Crippen LogP contribution in [0.25, 0.3) is 44.2 Å². The van der Waals surface area contributed by atoms with Crippen molar-refractivity contribution in [3.63, 3.8) is 0 Å². The minimum absolute atomic E-state index is 0.106. The highest BCUT2D eigenvalue weighted by Crippen LogP contribution is 2.50. The predicted molar refractivity (Wildman–Crippen MR) is 226 cm³/mol. The van der Waals surface area contributed by atoms with Gasteiger partial charge in [0.1, 0.15) is 11.3 Å². The molecule has 3 nitrogen and oxygen atoms in total. The number of aryl methyl sites for hydroxylation is 1. The number of fused-ring (bicyclic) bond motifs is 8. The summed E-state index contributed by atoms with van der Waals surface area (Å²) >= 11 is 0. The predicted octanol–water partition coefficient (Wildman–Crippen LogP) is 11.2. The number of anilines is 6. The van der Waals surface area contributed by atoms with Crippen LogP contribution in [0.5, 0.6) is 0 Å². The third kappa shape index (κ3) is 4.25. The quantitative estimate of drug-likeness (QED) is 0.172. The fourth-order valence-electron chi connectivity index (χ4n) is 9.44. The number of benzene rings is 8. The van der Waals surface area contributed by atoms with Crippen molar-refractivity contribution in [3.8, 4) is 22.5 Å². The lowest BCUT2D eigenvalue weighted by Crippen LogP contribution is -2.62. The summed E-state index contributed by atoms with van der Waals surface area (Å²) in [5, 5.41) is 3.49. The molecule has 12 rings (SSSR count). The van der Waals surface area contributed by atoms with Gasteiger partial charge in [0.05, 0.1) is 0 Å². The average Bonchev–Trinajstić information content (AvgIpc) is 3.66. The highest BCUT2D eigenvalue weighted by molar-refractivity contribution is 7.00. The summed E-state index contributed by atoms with van der Waals surface area (Å²) in [4.78, 5) is 5.10. The summed E-state index contributed by atoms with van der Waals surface area (Å²) in [5.74, 6) is 0.889. The smallest absolute Gasteiger partial charge is 0.252 e. The Morgan fingerprint density at radius 1 is 0.481 bits per heavy atom. The highest BCUT2D eigenvalue weighted by atomic mass is 16.3. The van der Waals surface area contributed by atoms with E-state index in [1.165, 1.54) is 83.4 Å². The van der Waals surface area contributed by atoms with Crippen LogP contribution in [0.2, 0.25) is 0 Å². The van der Waals surface area contributed by atoms with Crippen LogP contribution in [-0.2, 0) is 6.42 Å². The molecule has 0 atom stereocenters. The molecule has 0 radical (unpaired) electrons. The van der Waals surface area contributed by atoms with Crippen LogP contribution in [0.1, 0.15) is 16.7 Å². The summed E-state index contributed by atoms with van der Waals surface area (Å²) < 4.78 is 6.26. The molecule has 0 fully saturated rings. The highest BCUT2D eigenvalue weighted by Gasteiger charge is 2.45. The first kappa shape index (κ1) is 29.8.